The normalized spacial score (nSPS) is 48.9. The molecule has 5 saturated heterocycles. The smallest absolute Gasteiger partial charge is 0.150 e. The number of carbonyl (C=O) groups excluding carboxylic acids is 1. The predicted molar refractivity (Wildman–Crippen MR) is 92.2 cm³/mol. The number of ketones is 1. The minimum atomic E-state index is -0.156. The van der Waals surface area contributed by atoms with Gasteiger partial charge in [0.1, 0.15) is 5.78 Å². The van der Waals surface area contributed by atoms with Crippen molar-refractivity contribution in [1.29, 1.82) is 0 Å². The summed E-state index contributed by atoms with van der Waals surface area (Å²) in [5, 5.41) is 3.84. The summed E-state index contributed by atoms with van der Waals surface area (Å²) in [6, 6.07) is 0. The van der Waals surface area contributed by atoms with Crippen LogP contribution in [0.15, 0.2) is 0 Å². The van der Waals surface area contributed by atoms with Gasteiger partial charge in [-0.15, -0.1) is 0 Å². The lowest BCUT2D eigenvalue weighted by molar-refractivity contribution is -0.252. The van der Waals surface area contributed by atoms with Crippen LogP contribution in [0, 0.1) is 10.8 Å². The predicted octanol–water partition coefficient (Wildman–Crippen LogP) is 2.24. The van der Waals surface area contributed by atoms with Crippen LogP contribution in [0.1, 0.15) is 60.8 Å². The Morgan fingerprint density at radius 1 is 0.913 bits per heavy atom. The van der Waals surface area contributed by atoms with Crippen molar-refractivity contribution in [2.24, 2.45) is 10.8 Å². The van der Waals surface area contributed by atoms with Crippen LogP contribution in [-0.2, 0) is 4.79 Å². The maximum Gasteiger partial charge on any atom is 0.150 e. The van der Waals surface area contributed by atoms with Crippen LogP contribution in [0.3, 0.4) is 0 Å². The molecule has 23 heavy (non-hydrogen) atoms. The molecule has 5 aliphatic rings. The van der Waals surface area contributed by atoms with E-state index in [2.05, 4.69) is 56.7 Å². The van der Waals surface area contributed by atoms with Crippen LogP contribution < -0.4 is 5.32 Å². The number of nitrogens with zero attached hydrogens (tertiary/aromatic N) is 2. The van der Waals surface area contributed by atoms with Gasteiger partial charge in [-0.05, 0) is 47.0 Å². The molecule has 0 radical (unpaired) electrons. The monoisotopic (exact) mass is 319 g/mol. The van der Waals surface area contributed by atoms with Crippen molar-refractivity contribution >= 4 is 5.78 Å². The molecular weight excluding hydrogens is 286 g/mol. The number of Topliss-reactive ketones (excluding diaryl/α,β-unsaturated/α-hetero) is 1. The quantitative estimate of drug-likeness (QED) is 0.804. The second-order valence-corrected chi connectivity index (χ2v) is 10.5. The van der Waals surface area contributed by atoms with E-state index >= 15 is 0 Å². The van der Waals surface area contributed by atoms with E-state index < -0.39 is 0 Å². The SMILES string of the molecule is CCC12CN3CC(C)(CN(C1)C31CC(C)(C)NC(C)(C)C1)C2=O. The van der Waals surface area contributed by atoms with Crippen molar-refractivity contribution in [3.8, 4) is 0 Å². The summed E-state index contributed by atoms with van der Waals surface area (Å²) in [6.45, 7) is 17.6. The van der Waals surface area contributed by atoms with E-state index in [4.69, 9.17) is 0 Å². The molecule has 4 heteroatoms. The van der Waals surface area contributed by atoms with Crippen LogP contribution in [0.5, 0.6) is 0 Å². The average Bonchev–Trinajstić information content (AvgIpc) is 2.36. The number of carbonyl (C=O) groups is 1. The molecular formula is C19H33N3O. The Morgan fingerprint density at radius 2 is 1.39 bits per heavy atom. The first kappa shape index (κ1) is 16.0. The molecule has 2 unspecified atom stereocenters. The highest BCUT2D eigenvalue weighted by Gasteiger charge is 2.69. The van der Waals surface area contributed by atoms with Crippen molar-refractivity contribution in [3.63, 3.8) is 0 Å². The first-order valence-electron chi connectivity index (χ1n) is 9.31. The van der Waals surface area contributed by atoms with Crippen LogP contribution >= 0.6 is 0 Å². The van der Waals surface area contributed by atoms with Gasteiger partial charge in [0, 0.05) is 37.3 Å². The van der Waals surface area contributed by atoms with Gasteiger partial charge in [-0.25, -0.2) is 0 Å². The van der Waals surface area contributed by atoms with Crippen LogP contribution in [0.25, 0.3) is 0 Å². The van der Waals surface area contributed by atoms with Gasteiger partial charge in [0.05, 0.1) is 16.5 Å². The molecule has 0 aromatic heterocycles. The minimum Gasteiger partial charge on any atom is -0.307 e. The van der Waals surface area contributed by atoms with Crippen molar-refractivity contribution in [1.82, 2.24) is 15.1 Å². The second kappa shape index (κ2) is 4.20. The summed E-state index contributed by atoms with van der Waals surface area (Å²) < 4.78 is 0. The number of piperidine rings is 3. The highest BCUT2D eigenvalue weighted by molar-refractivity contribution is 5.93. The lowest BCUT2D eigenvalue weighted by atomic mass is 9.56. The second-order valence-electron chi connectivity index (χ2n) is 10.5. The molecule has 0 aromatic carbocycles. The van der Waals surface area contributed by atoms with Crippen molar-refractivity contribution in [2.45, 2.75) is 77.5 Å². The molecule has 2 atom stereocenters. The zero-order valence-corrected chi connectivity index (χ0v) is 15.8. The van der Waals surface area contributed by atoms with Gasteiger partial charge in [0.15, 0.2) is 0 Å². The molecule has 5 heterocycles. The summed E-state index contributed by atoms with van der Waals surface area (Å²) in [5.41, 5.74) is 0.118. The molecule has 0 amide bonds. The van der Waals surface area contributed by atoms with E-state index in [9.17, 15) is 4.79 Å². The summed E-state index contributed by atoms with van der Waals surface area (Å²) in [4.78, 5) is 18.5. The summed E-state index contributed by atoms with van der Waals surface area (Å²) in [7, 11) is 0. The molecule has 4 bridgehead atoms. The highest BCUT2D eigenvalue weighted by atomic mass is 16.1. The number of nitrogens with one attached hydrogen (secondary N) is 1. The Bertz CT molecular complexity index is 531. The maximum absolute atomic E-state index is 13.1. The molecule has 4 nitrogen and oxygen atoms in total. The number of hydrogen-bond acceptors (Lipinski definition) is 4. The maximum atomic E-state index is 13.1. The molecule has 0 saturated carbocycles. The molecule has 1 spiro atoms. The molecule has 5 rings (SSSR count). The van der Waals surface area contributed by atoms with E-state index in [1.54, 1.807) is 0 Å². The Kier molecular flexibility index (Phi) is 2.93. The third kappa shape index (κ3) is 1.98. The average molecular weight is 319 g/mol. The van der Waals surface area contributed by atoms with Crippen molar-refractivity contribution in [2.75, 3.05) is 26.2 Å². The van der Waals surface area contributed by atoms with Gasteiger partial charge < -0.3 is 5.32 Å². The molecule has 0 aromatic rings. The Labute approximate surface area is 141 Å². The van der Waals surface area contributed by atoms with Crippen LogP contribution in [-0.4, -0.2) is 58.5 Å². The van der Waals surface area contributed by atoms with E-state index in [0.717, 1.165) is 45.4 Å². The molecule has 5 fully saturated rings. The van der Waals surface area contributed by atoms with E-state index in [0.29, 0.717) is 5.78 Å². The van der Waals surface area contributed by atoms with Crippen molar-refractivity contribution < 1.29 is 4.79 Å². The van der Waals surface area contributed by atoms with Gasteiger partial charge in [-0.2, -0.15) is 0 Å². The molecule has 5 aliphatic heterocycles. The Balaban J connectivity index is 1.78. The van der Waals surface area contributed by atoms with Gasteiger partial charge in [0.2, 0.25) is 0 Å². The fraction of sp³-hybridized carbons (Fsp3) is 0.947. The number of rotatable bonds is 1. The lowest BCUT2D eigenvalue weighted by Crippen LogP contribution is -2.86. The zero-order chi connectivity index (χ0) is 16.9. The fourth-order valence-electron chi connectivity index (χ4n) is 6.81. The third-order valence-electron chi connectivity index (χ3n) is 7.08. The molecule has 130 valence electrons. The standard InChI is InChI=1S/C19H33N3O/c1-7-18-12-21-10-17(6,14(18)23)11-22(13-18)19(21)8-15(2,3)20-16(4,5)9-19/h20H,7-13H2,1-6H3. The zero-order valence-electron chi connectivity index (χ0n) is 15.8. The first-order chi connectivity index (χ1) is 10.5. The number of hydrogen-bond donors (Lipinski definition) is 1. The van der Waals surface area contributed by atoms with E-state index in [1.165, 1.54) is 0 Å². The largest absolute Gasteiger partial charge is 0.307 e. The lowest BCUT2D eigenvalue weighted by Gasteiger charge is -2.73. The van der Waals surface area contributed by atoms with Gasteiger partial charge in [0.25, 0.3) is 0 Å². The van der Waals surface area contributed by atoms with E-state index in [1.807, 2.05) is 0 Å². The minimum absolute atomic E-state index is 0.115. The van der Waals surface area contributed by atoms with Gasteiger partial charge in [-0.3, -0.25) is 14.6 Å². The van der Waals surface area contributed by atoms with Crippen LogP contribution in [0.4, 0.5) is 0 Å². The molecule has 0 aliphatic carbocycles. The van der Waals surface area contributed by atoms with Gasteiger partial charge in [-0.1, -0.05) is 13.8 Å². The Hall–Kier alpha value is -0.450. The van der Waals surface area contributed by atoms with Crippen LogP contribution in [0.2, 0.25) is 0 Å². The van der Waals surface area contributed by atoms with Gasteiger partial charge >= 0.3 is 0 Å². The van der Waals surface area contributed by atoms with E-state index in [-0.39, 0.29) is 27.6 Å². The highest BCUT2D eigenvalue weighted by Crippen LogP contribution is 2.57. The first-order valence-corrected chi connectivity index (χ1v) is 9.31. The molecule has 1 N–H and O–H groups in total. The third-order valence-corrected chi connectivity index (χ3v) is 7.08. The summed E-state index contributed by atoms with van der Waals surface area (Å²) in [6.07, 6.45) is 3.27. The Morgan fingerprint density at radius 3 is 1.83 bits per heavy atom. The van der Waals surface area contributed by atoms with Crippen molar-refractivity contribution in [3.05, 3.63) is 0 Å². The summed E-state index contributed by atoms with van der Waals surface area (Å²) in [5.74, 6) is 0.544. The summed E-state index contributed by atoms with van der Waals surface area (Å²) >= 11 is 0. The topological polar surface area (TPSA) is 35.6 Å². The fourth-order valence-corrected chi connectivity index (χ4v) is 6.81.